The molecule has 13 heavy (non-hydrogen) atoms. The molecule has 0 aromatic carbocycles. The summed E-state index contributed by atoms with van der Waals surface area (Å²) >= 11 is 0. The van der Waals surface area contributed by atoms with E-state index < -0.39 is 6.17 Å². The first-order chi connectivity index (χ1) is 5.69. The molecule has 3 nitrogen and oxygen atoms in total. The maximum absolute atomic E-state index is 12.9. The van der Waals surface area contributed by atoms with Gasteiger partial charge in [0.2, 0.25) is 5.91 Å². The van der Waals surface area contributed by atoms with E-state index in [2.05, 4.69) is 0 Å². The molecule has 1 heterocycles. The van der Waals surface area contributed by atoms with E-state index in [1.165, 1.54) is 0 Å². The second kappa shape index (κ2) is 5.40. The number of alkyl halides is 1. The quantitative estimate of drug-likeness (QED) is 0.730. The summed E-state index contributed by atoms with van der Waals surface area (Å²) in [6, 6.07) is -0.0764. The summed E-state index contributed by atoms with van der Waals surface area (Å²) in [5, 5.41) is 0. The molecule has 0 spiro atoms. The van der Waals surface area contributed by atoms with Gasteiger partial charge < -0.3 is 10.6 Å². The van der Waals surface area contributed by atoms with Crippen molar-refractivity contribution in [3.63, 3.8) is 0 Å². The van der Waals surface area contributed by atoms with Gasteiger partial charge >= 0.3 is 0 Å². The highest BCUT2D eigenvalue weighted by Crippen LogP contribution is 2.20. The Morgan fingerprint density at radius 2 is 2.31 bits per heavy atom. The molecule has 0 aliphatic carbocycles. The van der Waals surface area contributed by atoms with Gasteiger partial charge in [-0.15, -0.1) is 12.4 Å². The Morgan fingerprint density at radius 1 is 1.69 bits per heavy atom. The number of hydrogen-bond acceptors (Lipinski definition) is 2. The first-order valence-electron chi connectivity index (χ1n) is 4.32. The summed E-state index contributed by atoms with van der Waals surface area (Å²) in [7, 11) is 0. The molecule has 0 saturated carbocycles. The van der Waals surface area contributed by atoms with Gasteiger partial charge in [0.1, 0.15) is 6.17 Å². The van der Waals surface area contributed by atoms with Crippen molar-refractivity contribution in [2.45, 2.75) is 32.0 Å². The molecule has 1 rings (SSSR count). The molecular formula is C8H16ClFN2O. The van der Waals surface area contributed by atoms with Gasteiger partial charge in [0.05, 0.1) is 6.54 Å². The van der Waals surface area contributed by atoms with Crippen LogP contribution < -0.4 is 5.73 Å². The predicted octanol–water partition coefficient (Wildman–Crippen LogP) is 0.716. The minimum Gasteiger partial charge on any atom is -0.335 e. The molecule has 78 valence electrons. The van der Waals surface area contributed by atoms with Crippen LogP contribution in [0.5, 0.6) is 0 Å². The van der Waals surface area contributed by atoms with Crippen LogP contribution in [0.4, 0.5) is 4.39 Å². The Hall–Kier alpha value is -0.350. The van der Waals surface area contributed by atoms with Gasteiger partial charge in [0.15, 0.2) is 0 Å². The van der Waals surface area contributed by atoms with Crippen LogP contribution in [0.15, 0.2) is 0 Å². The Labute approximate surface area is 83.9 Å². The van der Waals surface area contributed by atoms with Crippen molar-refractivity contribution < 1.29 is 9.18 Å². The van der Waals surface area contributed by atoms with E-state index in [1.807, 2.05) is 0 Å². The zero-order chi connectivity index (χ0) is 9.14. The topological polar surface area (TPSA) is 46.3 Å². The van der Waals surface area contributed by atoms with Crippen LogP contribution in [0, 0.1) is 0 Å². The van der Waals surface area contributed by atoms with Crippen LogP contribution in [-0.2, 0) is 4.79 Å². The Kier molecular flexibility index (Phi) is 5.25. The fourth-order valence-electron chi connectivity index (χ4n) is 1.59. The molecule has 1 saturated heterocycles. The monoisotopic (exact) mass is 210 g/mol. The van der Waals surface area contributed by atoms with Crippen molar-refractivity contribution in [2.24, 2.45) is 5.73 Å². The van der Waals surface area contributed by atoms with Crippen molar-refractivity contribution in [3.05, 3.63) is 0 Å². The lowest BCUT2D eigenvalue weighted by molar-refractivity contribution is -0.131. The largest absolute Gasteiger partial charge is 0.335 e. The minimum atomic E-state index is -0.881. The fraction of sp³-hybridized carbons (Fsp3) is 0.875. The molecule has 0 bridgehead atoms. The molecule has 1 aliphatic heterocycles. The van der Waals surface area contributed by atoms with Crippen LogP contribution in [0.2, 0.25) is 0 Å². The third-order valence-corrected chi connectivity index (χ3v) is 2.26. The number of hydrogen-bond donors (Lipinski definition) is 1. The first-order valence-corrected chi connectivity index (χ1v) is 4.32. The molecule has 0 aromatic rings. The first kappa shape index (κ1) is 12.7. The van der Waals surface area contributed by atoms with Gasteiger partial charge in [-0.05, 0) is 0 Å². The Balaban J connectivity index is 0.00000144. The molecule has 2 N–H and O–H groups in total. The third-order valence-electron chi connectivity index (χ3n) is 2.26. The van der Waals surface area contributed by atoms with Crippen LogP contribution in [0.1, 0.15) is 19.8 Å². The Bertz CT molecular complexity index is 180. The van der Waals surface area contributed by atoms with E-state index in [9.17, 15) is 9.18 Å². The average Bonchev–Trinajstić information content (AvgIpc) is 2.45. The number of rotatable bonds is 2. The van der Waals surface area contributed by atoms with E-state index in [4.69, 9.17) is 5.73 Å². The molecule has 1 fully saturated rings. The maximum atomic E-state index is 12.9. The van der Waals surface area contributed by atoms with Gasteiger partial charge in [-0.3, -0.25) is 4.79 Å². The van der Waals surface area contributed by atoms with E-state index in [0.717, 1.165) is 0 Å². The van der Waals surface area contributed by atoms with Gasteiger partial charge in [-0.1, -0.05) is 6.92 Å². The van der Waals surface area contributed by atoms with Crippen molar-refractivity contribution >= 4 is 18.3 Å². The number of halogens is 2. The van der Waals surface area contributed by atoms with E-state index in [-0.39, 0.29) is 30.9 Å². The van der Waals surface area contributed by atoms with Gasteiger partial charge in [0, 0.05) is 25.4 Å². The molecule has 2 atom stereocenters. The average molecular weight is 211 g/mol. The van der Waals surface area contributed by atoms with Gasteiger partial charge in [-0.2, -0.15) is 0 Å². The van der Waals surface area contributed by atoms with Crippen LogP contribution in [0.3, 0.4) is 0 Å². The van der Waals surface area contributed by atoms with Crippen LogP contribution in [-0.4, -0.2) is 36.1 Å². The molecule has 0 aromatic heterocycles. The Morgan fingerprint density at radius 3 is 2.77 bits per heavy atom. The number of nitrogens with two attached hydrogens (primary N) is 1. The fourth-order valence-corrected chi connectivity index (χ4v) is 1.59. The smallest absolute Gasteiger partial charge is 0.222 e. The number of carbonyl (C=O) groups is 1. The highest BCUT2D eigenvalue weighted by molar-refractivity contribution is 5.85. The molecule has 1 aliphatic rings. The van der Waals surface area contributed by atoms with Crippen LogP contribution in [0.25, 0.3) is 0 Å². The molecule has 1 amide bonds. The van der Waals surface area contributed by atoms with Crippen molar-refractivity contribution in [2.75, 3.05) is 13.1 Å². The summed E-state index contributed by atoms with van der Waals surface area (Å²) in [4.78, 5) is 12.8. The molecule has 0 radical (unpaired) electrons. The summed E-state index contributed by atoms with van der Waals surface area (Å²) in [6.07, 6.45) is -0.0418. The second-order valence-electron chi connectivity index (χ2n) is 3.12. The van der Waals surface area contributed by atoms with Crippen molar-refractivity contribution in [1.82, 2.24) is 4.90 Å². The molecule has 0 unspecified atom stereocenters. The van der Waals surface area contributed by atoms with E-state index >= 15 is 0 Å². The van der Waals surface area contributed by atoms with E-state index in [1.54, 1.807) is 11.8 Å². The predicted molar refractivity (Wildman–Crippen MR) is 51.6 cm³/mol. The van der Waals surface area contributed by atoms with Gasteiger partial charge in [-0.25, -0.2) is 4.39 Å². The molecular weight excluding hydrogens is 195 g/mol. The van der Waals surface area contributed by atoms with Gasteiger partial charge in [0.25, 0.3) is 0 Å². The molecule has 5 heteroatoms. The lowest BCUT2D eigenvalue weighted by Gasteiger charge is -2.22. The summed E-state index contributed by atoms with van der Waals surface area (Å²) in [5.74, 6) is 0.00519. The van der Waals surface area contributed by atoms with Crippen molar-refractivity contribution in [3.8, 4) is 0 Å². The summed E-state index contributed by atoms with van der Waals surface area (Å²) < 4.78 is 12.9. The second-order valence-corrected chi connectivity index (χ2v) is 3.12. The maximum Gasteiger partial charge on any atom is 0.222 e. The number of amides is 1. The number of nitrogens with zero attached hydrogens (tertiary/aromatic N) is 1. The summed E-state index contributed by atoms with van der Waals surface area (Å²) in [6.45, 7) is 2.38. The van der Waals surface area contributed by atoms with E-state index in [0.29, 0.717) is 19.4 Å². The van der Waals surface area contributed by atoms with Crippen molar-refractivity contribution in [1.29, 1.82) is 0 Å². The van der Waals surface area contributed by atoms with Crippen LogP contribution >= 0.6 is 12.4 Å². The number of likely N-dealkylation sites (tertiary alicyclic amines) is 1. The zero-order valence-electron chi connectivity index (χ0n) is 7.70. The lowest BCUT2D eigenvalue weighted by Crippen LogP contribution is -2.39. The zero-order valence-corrected chi connectivity index (χ0v) is 8.52. The SMILES string of the molecule is CCC(=O)N1C[C@@H](F)C[C@H]1CN.Cl. The minimum absolute atomic E-state index is 0. The standard InChI is InChI=1S/C8H15FN2O.ClH/c1-2-8(12)11-5-6(9)3-7(11)4-10;/h6-7H,2-5,10H2,1H3;1H/t6-,7-;/m0./s1. The normalized spacial score (nSPS) is 27.2. The number of carbonyl (C=O) groups excluding carboxylic acids is 1. The highest BCUT2D eigenvalue weighted by Gasteiger charge is 2.33. The lowest BCUT2D eigenvalue weighted by atomic mass is 10.2. The highest BCUT2D eigenvalue weighted by atomic mass is 35.5. The summed E-state index contributed by atoms with van der Waals surface area (Å²) in [5.41, 5.74) is 5.42. The third kappa shape index (κ3) is 2.81.